The zero-order valence-corrected chi connectivity index (χ0v) is 9.00. The first-order chi connectivity index (χ1) is 7.22. The number of benzene rings is 1. The molecule has 2 rings (SSSR count). The van der Waals surface area contributed by atoms with E-state index in [9.17, 15) is 9.90 Å². The second kappa shape index (κ2) is 3.90. The zero-order chi connectivity index (χ0) is 10.8. The van der Waals surface area contributed by atoms with Gasteiger partial charge in [-0.25, -0.2) is 0 Å². The molecule has 3 nitrogen and oxygen atoms in total. The second-order valence-corrected chi connectivity index (χ2v) is 4.05. The fourth-order valence-corrected chi connectivity index (χ4v) is 2.44. The Bertz CT molecular complexity index is 502. The molecule has 78 valence electrons. The fraction of sp³-hybridized carbons (Fsp3) is 0.182. The first-order valence-corrected chi connectivity index (χ1v) is 5.35. The summed E-state index contributed by atoms with van der Waals surface area (Å²) < 4.78 is 5.42. The summed E-state index contributed by atoms with van der Waals surface area (Å²) in [5.74, 6) is -0.00772. The smallest absolute Gasteiger partial charge is 0.310 e. The van der Waals surface area contributed by atoms with Crippen molar-refractivity contribution in [3.05, 3.63) is 29.1 Å². The van der Waals surface area contributed by atoms with Gasteiger partial charge in [-0.15, -0.1) is 11.3 Å². The highest BCUT2D eigenvalue weighted by Crippen LogP contribution is 2.33. The summed E-state index contributed by atoms with van der Waals surface area (Å²) in [4.78, 5) is 11.1. The first kappa shape index (κ1) is 9.98. The van der Waals surface area contributed by atoms with Gasteiger partial charge in [0, 0.05) is 0 Å². The Hall–Kier alpha value is -1.55. The number of hydrogen-bond donors (Lipinski definition) is 1. The number of hydrogen-bond acceptors (Lipinski definition) is 4. The molecule has 0 aliphatic heterocycles. The first-order valence-electron chi connectivity index (χ1n) is 4.47. The van der Waals surface area contributed by atoms with Crippen LogP contribution in [-0.2, 0) is 16.0 Å². The Balaban J connectivity index is 2.45. The summed E-state index contributed by atoms with van der Waals surface area (Å²) in [6.45, 7) is 0. The van der Waals surface area contributed by atoms with E-state index in [1.807, 2.05) is 11.4 Å². The minimum atomic E-state index is -0.266. The number of aromatic hydroxyl groups is 1. The molecule has 1 heterocycles. The summed E-state index contributed by atoms with van der Waals surface area (Å²) >= 11 is 1.44. The van der Waals surface area contributed by atoms with Gasteiger partial charge in [-0.3, -0.25) is 4.79 Å². The van der Waals surface area contributed by atoms with Crippen LogP contribution in [0.4, 0.5) is 0 Å². The third-order valence-electron chi connectivity index (χ3n) is 2.22. The molecule has 1 N–H and O–H groups in total. The molecule has 0 saturated heterocycles. The van der Waals surface area contributed by atoms with Gasteiger partial charge in [0.25, 0.3) is 0 Å². The number of rotatable bonds is 2. The van der Waals surface area contributed by atoms with Gasteiger partial charge >= 0.3 is 5.97 Å². The standard InChI is InChI=1S/C11H10O3S/c1-14-10(13)5-7-6-15-11-8(7)3-2-4-9(11)12/h2-4,6,12H,5H2,1H3. The van der Waals surface area contributed by atoms with Crippen molar-refractivity contribution in [2.24, 2.45) is 0 Å². The average Bonchev–Trinajstić information content (AvgIpc) is 2.63. The Morgan fingerprint density at radius 3 is 3.07 bits per heavy atom. The van der Waals surface area contributed by atoms with Crippen LogP contribution >= 0.6 is 11.3 Å². The molecular weight excluding hydrogens is 212 g/mol. The Kier molecular flexibility index (Phi) is 2.60. The van der Waals surface area contributed by atoms with Gasteiger partial charge in [-0.2, -0.15) is 0 Å². The van der Waals surface area contributed by atoms with E-state index < -0.39 is 0 Å². The Labute approximate surface area is 90.9 Å². The largest absolute Gasteiger partial charge is 0.506 e. The van der Waals surface area contributed by atoms with Gasteiger partial charge in [0.2, 0.25) is 0 Å². The maximum Gasteiger partial charge on any atom is 0.310 e. The summed E-state index contributed by atoms with van der Waals surface area (Å²) in [6.07, 6.45) is 0.250. The highest BCUT2D eigenvalue weighted by atomic mass is 32.1. The van der Waals surface area contributed by atoms with Crippen LogP contribution in [0, 0.1) is 0 Å². The molecule has 0 unspecified atom stereocenters. The van der Waals surface area contributed by atoms with Gasteiger partial charge in [-0.1, -0.05) is 12.1 Å². The highest BCUT2D eigenvalue weighted by Gasteiger charge is 2.10. The fourth-order valence-electron chi connectivity index (χ4n) is 1.46. The second-order valence-electron chi connectivity index (χ2n) is 3.17. The van der Waals surface area contributed by atoms with Crippen molar-refractivity contribution in [1.82, 2.24) is 0 Å². The minimum absolute atomic E-state index is 0.250. The summed E-state index contributed by atoms with van der Waals surface area (Å²) in [5.41, 5.74) is 0.901. The zero-order valence-electron chi connectivity index (χ0n) is 8.19. The van der Waals surface area contributed by atoms with Crippen molar-refractivity contribution in [2.75, 3.05) is 7.11 Å². The molecule has 4 heteroatoms. The van der Waals surface area contributed by atoms with Crippen molar-refractivity contribution in [2.45, 2.75) is 6.42 Å². The van der Waals surface area contributed by atoms with E-state index in [2.05, 4.69) is 4.74 Å². The molecule has 0 aliphatic rings. The lowest BCUT2D eigenvalue weighted by Crippen LogP contribution is -2.03. The lowest BCUT2D eigenvalue weighted by Gasteiger charge is -1.98. The van der Waals surface area contributed by atoms with Crippen LogP contribution in [0.2, 0.25) is 0 Å². The quantitative estimate of drug-likeness (QED) is 0.793. The van der Waals surface area contributed by atoms with Crippen molar-refractivity contribution in [3.8, 4) is 5.75 Å². The molecule has 1 aromatic heterocycles. The van der Waals surface area contributed by atoms with Crippen LogP contribution in [0.25, 0.3) is 10.1 Å². The van der Waals surface area contributed by atoms with Crippen LogP contribution in [0.15, 0.2) is 23.6 Å². The van der Waals surface area contributed by atoms with E-state index in [0.29, 0.717) is 0 Å². The lowest BCUT2D eigenvalue weighted by atomic mass is 10.1. The summed E-state index contributed by atoms with van der Waals surface area (Å²) in [6, 6.07) is 5.30. The maximum atomic E-state index is 11.1. The topological polar surface area (TPSA) is 46.5 Å². The molecule has 0 fully saturated rings. The number of phenols is 1. The molecule has 2 aromatic rings. The molecule has 0 spiro atoms. The number of esters is 1. The van der Waals surface area contributed by atoms with Crippen LogP contribution in [-0.4, -0.2) is 18.2 Å². The molecule has 0 bridgehead atoms. The average molecular weight is 222 g/mol. The Morgan fingerprint density at radius 1 is 1.53 bits per heavy atom. The van der Waals surface area contributed by atoms with Crippen molar-refractivity contribution in [1.29, 1.82) is 0 Å². The van der Waals surface area contributed by atoms with E-state index in [1.165, 1.54) is 18.4 Å². The van der Waals surface area contributed by atoms with Gasteiger partial charge < -0.3 is 9.84 Å². The predicted octanol–water partition coefficient (Wildman–Crippen LogP) is 2.32. The van der Waals surface area contributed by atoms with Crippen LogP contribution < -0.4 is 0 Å². The van der Waals surface area contributed by atoms with E-state index in [4.69, 9.17) is 0 Å². The molecule has 15 heavy (non-hydrogen) atoms. The molecule has 0 saturated carbocycles. The van der Waals surface area contributed by atoms with Crippen LogP contribution in [0.1, 0.15) is 5.56 Å². The van der Waals surface area contributed by atoms with Crippen LogP contribution in [0.5, 0.6) is 5.75 Å². The molecule has 0 amide bonds. The monoisotopic (exact) mass is 222 g/mol. The van der Waals surface area contributed by atoms with Crippen LogP contribution in [0.3, 0.4) is 0 Å². The predicted molar refractivity (Wildman–Crippen MR) is 59.2 cm³/mol. The number of thiophene rings is 1. The van der Waals surface area contributed by atoms with E-state index in [-0.39, 0.29) is 18.1 Å². The van der Waals surface area contributed by atoms with E-state index in [1.54, 1.807) is 12.1 Å². The number of carbonyl (C=O) groups excluding carboxylic acids is 1. The molecule has 0 radical (unpaired) electrons. The number of fused-ring (bicyclic) bond motifs is 1. The number of ether oxygens (including phenoxy) is 1. The van der Waals surface area contributed by atoms with Gasteiger partial charge in [0.15, 0.2) is 0 Å². The van der Waals surface area contributed by atoms with Gasteiger partial charge in [0.05, 0.1) is 18.2 Å². The number of methoxy groups -OCH3 is 1. The van der Waals surface area contributed by atoms with Crippen molar-refractivity contribution in [3.63, 3.8) is 0 Å². The third kappa shape index (κ3) is 1.80. The third-order valence-corrected chi connectivity index (χ3v) is 3.29. The minimum Gasteiger partial charge on any atom is -0.506 e. The lowest BCUT2D eigenvalue weighted by molar-refractivity contribution is -0.139. The maximum absolute atomic E-state index is 11.1. The summed E-state index contributed by atoms with van der Waals surface area (Å²) in [5, 5.41) is 12.4. The highest BCUT2D eigenvalue weighted by molar-refractivity contribution is 7.17. The van der Waals surface area contributed by atoms with Gasteiger partial charge in [0.1, 0.15) is 5.75 Å². The molecule has 1 aromatic carbocycles. The van der Waals surface area contributed by atoms with Crippen molar-refractivity contribution < 1.29 is 14.6 Å². The summed E-state index contributed by atoms with van der Waals surface area (Å²) in [7, 11) is 1.37. The van der Waals surface area contributed by atoms with E-state index in [0.717, 1.165) is 15.6 Å². The normalized spacial score (nSPS) is 10.5. The molecular formula is C11H10O3S. The SMILES string of the molecule is COC(=O)Cc1csc2c(O)cccc12. The molecule has 0 aliphatic carbocycles. The number of carbonyl (C=O) groups is 1. The molecule has 0 atom stereocenters. The number of phenolic OH excluding ortho intramolecular Hbond substituents is 1. The Morgan fingerprint density at radius 2 is 2.33 bits per heavy atom. The van der Waals surface area contributed by atoms with E-state index >= 15 is 0 Å². The van der Waals surface area contributed by atoms with Gasteiger partial charge in [-0.05, 0) is 22.4 Å². The van der Waals surface area contributed by atoms with Crippen molar-refractivity contribution >= 4 is 27.4 Å².